The molecule has 1 aliphatic heterocycles. The molecule has 5 unspecified atom stereocenters. The van der Waals surface area contributed by atoms with Gasteiger partial charge in [-0.15, -0.1) is 0 Å². The van der Waals surface area contributed by atoms with E-state index in [9.17, 15) is 9.90 Å². The SMILES string of the molecule is CC[C@@H]1C(=O)C2C(CC[C@@]3(C)C2CC[C@@H]3[C@H](C)C2OCCO2)[C@@]2(C)CCC(O)CC12. The van der Waals surface area contributed by atoms with E-state index in [1.807, 2.05) is 0 Å². The van der Waals surface area contributed by atoms with Crippen molar-refractivity contribution in [1.82, 2.24) is 0 Å². The second-order valence-electron chi connectivity index (χ2n) is 11.9. The number of rotatable bonds is 3. The number of ether oxygens (including phenoxy) is 2. The van der Waals surface area contributed by atoms with Crippen molar-refractivity contribution in [1.29, 1.82) is 0 Å². The maximum Gasteiger partial charge on any atom is 0.160 e. The van der Waals surface area contributed by atoms with Crippen LogP contribution in [0.1, 0.15) is 79.1 Å². The summed E-state index contributed by atoms with van der Waals surface area (Å²) in [5, 5.41) is 10.4. The Hall–Kier alpha value is -0.450. The van der Waals surface area contributed by atoms with Crippen molar-refractivity contribution in [2.45, 2.75) is 91.5 Å². The van der Waals surface area contributed by atoms with Gasteiger partial charge in [0, 0.05) is 17.8 Å². The third-order valence-corrected chi connectivity index (χ3v) is 10.9. The maximum atomic E-state index is 14.0. The number of fused-ring (bicyclic) bond motifs is 5. The van der Waals surface area contributed by atoms with E-state index in [1.54, 1.807) is 0 Å². The van der Waals surface area contributed by atoms with Gasteiger partial charge < -0.3 is 14.6 Å². The Balaban J connectivity index is 1.46. The number of ketones is 1. The summed E-state index contributed by atoms with van der Waals surface area (Å²) in [6.07, 6.45) is 8.31. The van der Waals surface area contributed by atoms with Gasteiger partial charge in [0.15, 0.2) is 6.29 Å². The van der Waals surface area contributed by atoms with Gasteiger partial charge in [0.2, 0.25) is 0 Å². The molecule has 1 N–H and O–H groups in total. The Labute approximate surface area is 182 Å². The molecule has 0 bridgehead atoms. The highest BCUT2D eigenvalue weighted by molar-refractivity contribution is 5.86. The predicted molar refractivity (Wildman–Crippen MR) is 116 cm³/mol. The molecule has 0 spiro atoms. The van der Waals surface area contributed by atoms with Gasteiger partial charge in [-0.2, -0.15) is 0 Å². The Morgan fingerprint density at radius 2 is 1.67 bits per heavy atom. The van der Waals surface area contributed by atoms with Gasteiger partial charge in [0.1, 0.15) is 5.78 Å². The van der Waals surface area contributed by atoms with Gasteiger partial charge in [0.05, 0.1) is 19.3 Å². The van der Waals surface area contributed by atoms with Gasteiger partial charge >= 0.3 is 0 Å². The van der Waals surface area contributed by atoms with Crippen LogP contribution in [0.3, 0.4) is 0 Å². The molecule has 1 heterocycles. The number of aliphatic hydroxyl groups excluding tert-OH is 1. The standard InChI is InChI=1S/C26H42O4/c1-5-17-21-14-16(27)8-10-26(21,4)20-9-11-25(3)18(15(2)24-29-12-13-30-24)6-7-19(25)22(20)23(17)28/h15-22,24,27H,5-14H2,1-4H3/t15-,16?,17-,18+,19?,20?,21?,22?,25+,26+/m0/s1. The molecule has 4 aliphatic carbocycles. The lowest BCUT2D eigenvalue weighted by atomic mass is 9.42. The molecule has 4 nitrogen and oxygen atoms in total. The van der Waals surface area contributed by atoms with Crippen LogP contribution in [0.25, 0.3) is 0 Å². The van der Waals surface area contributed by atoms with Crippen LogP contribution in [0, 0.1) is 52.3 Å². The zero-order valence-corrected chi connectivity index (χ0v) is 19.4. The molecule has 0 aromatic rings. The Morgan fingerprint density at radius 3 is 2.37 bits per heavy atom. The number of carbonyl (C=O) groups excluding carboxylic acids is 1. The Kier molecular flexibility index (Phi) is 5.39. The fourth-order valence-electron chi connectivity index (χ4n) is 9.41. The summed E-state index contributed by atoms with van der Waals surface area (Å²) in [6, 6.07) is 0. The van der Waals surface area contributed by atoms with Crippen LogP contribution in [0.4, 0.5) is 0 Å². The third kappa shape index (κ3) is 2.92. The van der Waals surface area contributed by atoms with Crippen molar-refractivity contribution in [3.63, 3.8) is 0 Å². The molecular weight excluding hydrogens is 376 g/mol. The van der Waals surface area contributed by atoms with E-state index >= 15 is 0 Å². The summed E-state index contributed by atoms with van der Waals surface area (Å²) in [7, 11) is 0. The van der Waals surface area contributed by atoms with E-state index in [1.165, 1.54) is 25.7 Å². The average molecular weight is 419 g/mol. The Bertz CT molecular complexity index is 672. The summed E-state index contributed by atoms with van der Waals surface area (Å²) in [6.45, 7) is 10.9. The quantitative estimate of drug-likeness (QED) is 0.713. The smallest absolute Gasteiger partial charge is 0.160 e. The van der Waals surface area contributed by atoms with Crippen LogP contribution < -0.4 is 0 Å². The van der Waals surface area contributed by atoms with E-state index in [2.05, 4.69) is 27.7 Å². The predicted octanol–water partition coefficient (Wildman–Crippen LogP) is 4.83. The van der Waals surface area contributed by atoms with Crippen molar-refractivity contribution >= 4 is 5.78 Å². The van der Waals surface area contributed by atoms with Crippen LogP contribution in [0.15, 0.2) is 0 Å². The van der Waals surface area contributed by atoms with Crippen LogP contribution >= 0.6 is 0 Å². The minimum absolute atomic E-state index is 0.0597. The molecule has 5 rings (SSSR count). The van der Waals surface area contributed by atoms with E-state index in [0.29, 0.717) is 35.4 Å². The van der Waals surface area contributed by atoms with Gasteiger partial charge in [-0.05, 0) is 85.9 Å². The molecule has 1 saturated heterocycles. The molecule has 0 aromatic heterocycles. The van der Waals surface area contributed by atoms with E-state index < -0.39 is 0 Å². The highest BCUT2D eigenvalue weighted by Gasteiger charge is 2.65. The number of aliphatic hydroxyl groups is 1. The van der Waals surface area contributed by atoms with Gasteiger partial charge in [-0.25, -0.2) is 0 Å². The van der Waals surface area contributed by atoms with E-state index in [-0.39, 0.29) is 35.1 Å². The van der Waals surface area contributed by atoms with E-state index in [4.69, 9.17) is 9.47 Å². The van der Waals surface area contributed by atoms with Crippen LogP contribution in [-0.2, 0) is 14.3 Å². The maximum absolute atomic E-state index is 14.0. The zero-order chi connectivity index (χ0) is 21.3. The first-order valence-electron chi connectivity index (χ1n) is 12.8. The number of hydrogen-bond donors (Lipinski definition) is 1. The molecule has 0 radical (unpaired) electrons. The summed E-state index contributed by atoms with van der Waals surface area (Å²) in [5.41, 5.74) is 0.447. The molecule has 30 heavy (non-hydrogen) atoms. The lowest BCUT2D eigenvalue weighted by Gasteiger charge is -2.62. The summed E-state index contributed by atoms with van der Waals surface area (Å²) in [5.74, 6) is 3.30. The first kappa shape index (κ1) is 21.4. The van der Waals surface area contributed by atoms with E-state index in [0.717, 1.165) is 38.9 Å². The van der Waals surface area contributed by atoms with Gasteiger partial charge in [-0.3, -0.25) is 4.79 Å². The molecule has 170 valence electrons. The normalized spacial score (nSPS) is 52.6. The molecule has 0 aromatic carbocycles. The van der Waals surface area contributed by atoms with Crippen molar-refractivity contribution < 1.29 is 19.4 Å². The lowest BCUT2D eigenvalue weighted by molar-refractivity contribution is -0.176. The minimum atomic E-state index is -0.210. The Morgan fingerprint density at radius 1 is 1.00 bits per heavy atom. The van der Waals surface area contributed by atoms with Crippen molar-refractivity contribution in [3.8, 4) is 0 Å². The first-order valence-corrected chi connectivity index (χ1v) is 12.8. The number of Topliss-reactive ketones (excluding diaryl/α,β-unsaturated/α-hetero) is 1. The molecule has 5 aliphatic rings. The molecular formula is C26H42O4. The largest absolute Gasteiger partial charge is 0.393 e. The van der Waals surface area contributed by atoms with Gasteiger partial charge in [0.25, 0.3) is 0 Å². The minimum Gasteiger partial charge on any atom is -0.393 e. The fraction of sp³-hybridized carbons (Fsp3) is 0.962. The number of hydrogen-bond acceptors (Lipinski definition) is 4. The average Bonchev–Trinajstić information content (AvgIpc) is 3.37. The highest BCUT2D eigenvalue weighted by Crippen LogP contribution is 2.68. The second kappa shape index (κ2) is 7.56. The van der Waals surface area contributed by atoms with Crippen molar-refractivity contribution in [2.75, 3.05) is 13.2 Å². The van der Waals surface area contributed by atoms with Crippen molar-refractivity contribution in [3.05, 3.63) is 0 Å². The lowest BCUT2D eigenvalue weighted by Crippen LogP contribution is -2.60. The molecule has 4 heteroatoms. The molecule has 0 amide bonds. The van der Waals surface area contributed by atoms with Crippen LogP contribution in [-0.4, -0.2) is 36.5 Å². The van der Waals surface area contributed by atoms with Crippen LogP contribution in [0.2, 0.25) is 0 Å². The molecule has 10 atom stereocenters. The monoisotopic (exact) mass is 418 g/mol. The highest BCUT2D eigenvalue weighted by atomic mass is 16.7. The van der Waals surface area contributed by atoms with Gasteiger partial charge in [-0.1, -0.05) is 27.7 Å². The topological polar surface area (TPSA) is 55.8 Å². The second-order valence-corrected chi connectivity index (χ2v) is 11.9. The summed E-state index contributed by atoms with van der Waals surface area (Å²) < 4.78 is 11.8. The first-order chi connectivity index (χ1) is 14.3. The third-order valence-electron chi connectivity index (χ3n) is 10.9. The van der Waals surface area contributed by atoms with Crippen LogP contribution in [0.5, 0.6) is 0 Å². The fourth-order valence-corrected chi connectivity index (χ4v) is 9.41. The summed E-state index contributed by atoms with van der Waals surface area (Å²) in [4.78, 5) is 14.0. The van der Waals surface area contributed by atoms with Crippen molar-refractivity contribution in [2.24, 2.45) is 52.3 Å². The molecule has 4 saturated carbocycles. The zero-order valence-electron chi connectivity index (χ0n) is 19.4. The summed E-state index contributed by atoms with van der Waals surface area (Å²) >= 11 is 0. The number of carbonyl (C=O) groups is 1. The molecule has 5 fully saturated rings.